The standard InChI is InChI=1S/C24H31FN2O4/c25-21-8-4-5-9-22(21)27-12-10-23(28,11-13-27)16-26-14-15-30-18-24(29,17-26)19-31-20-6-2-1-3-7-20/h1-9,28-29H,10-19H2/t24-/m0/s1. The zero-order valence-electron chi connectivity index (χ0n) is 17.8. The summed E-state index contributed by atoms with van der Waals surface area (Å²) in [6, 6.07) is 16.1. The second kappa shape index (κ2) is 9.53. The van der Waals surface area contributed by atoms with E-state index in [0.29, 0.717) is 63.6 Å². The van der Waals surface area contributed by atoms with Crippen molar-refractivity contribution >= 4 is 5.69 Å². The van der Waals surface area contributed by atoms with Gasteiger partial charge in [-0.25, -0.2) is 4.39 Å². The number of aliphatic hydroxyl groups is 2. The lowest BCUT2D eigenvalue weighted by molar-refractivity contribution is -0.0742. The molecule has 2 aliphatic rings. The molecule has 168 valence electrons. The third kappa shape index (κ3) is 5.74. The van der Waals surface area contributed by atoms with E-state index in [0.717, 1.165) is 0 Å². The van der Waals surface area contributed by atoms with Crippen molar-refractivity contribution < 1.29 is 24.1 Å². The molecule has 6 nitrogen and oxygen atoms in total. The van der Waals surface area contributed by atoms with Crippen molar-refractivity contribution in [2.75, 3.05) is 57.4 Å². The fourth-order valence-corrected chi connectivity index (χ4v) is 4.40. The predicted octanol–water partition coefficient (Wildman–Crippen LogP) is 2.30. The number of anilines is 1. The Morgan fingerprint density at radius 3 is 2.39 bits per heavy atom. The number of ether oxygens (including phenoxy) is 2. The highest BCUT2D eigenvalue weighted by molar-refractivity contribution is 5.48. The molecule has 31 heavy (non-hydrogen) atoms. The minimum atomic E-state index is -1.16. The normalized spacial score (nSPS) is 24.5. The number of para-hydroxylation sites is 2. The van der Waals surface area contributed by atoms with Crippen LogP contribution in [0.4, 0.5) is 10.1 Å². The van der Waals surface area contributed by atoms with Crippen LogP contribution in [0.5, 0.6) is 5.75 Å². The Balaban J connectivity index is 1.34. The van der Waals surface area contributed by atoms with E-state index in [9.17, 15) is 14.6 Å². The van der Waals surface area contributed by atoms with Crippen LogP contribution in [0.2, 0.25) is 0 Å². The molecule has 2 aromatic rings. The number of hydrogen-bond acceptors (Lipinski definition) is 6. The van der Waals surface area contributed by atoms with Crippen molar-refractivity contribution in [1.82, 2.24) is 4.90 Å². The van der Waals surface area contributed by atoms with Crippen molar-refractivity contribution in [3.05, 3.63) is 60.4 Å². The second-order valence-electron chi connectivity index (χ2n) is 8.75. The Labute approximate surface area is 182 Å². The summed E-state index contributed by atoms with van der Waals surface area (Å²) in [5.74, 6) is 0.465. The van der Waals surface area contributed by atoms with Crippen LogP contribution >= 0.6 is 0 Å². The topological polar surface area (TPSA) is 65.4 Å². The smallest absolute Gasteiger partial charge is 0.146 e. The SMILES string of the molecule is OC1(CN2CCOC[C@](O)(COc3ccccc3)C2)CCN(c2ccccc2F)CC1. The lowest BCUT2D eigenvalue weighted by Crippen LogP contribution is -2.55. The lowest BCUT2D eigenvalue weighted by Gasteiger charge is -2.42. The summed E-state index contributed by atoms with van der Waals surface area (Å²) in [7, 11) is 0. The van der Waals surface area contributed by atoms with Gasteiger partial charge < -0.3 is 24.6 Å². The summed E-state index contributed by atoms with van der Waals surface area (Å²) in [4.78, 5) is 4.04. The van der Waals surface area contributed by atoms with Gasteiger partial charge in [-0.05, 0) is 37.1 Å². The third-order valence-electron chi connectivity index (χ3n) is 6.10. The monoisotopic (exact) mass is 430 g/mol. The molecule has 1 atom stereocenters. The van der Waals surface area contributed by atoms with Gasteiger partial charge in [0, 0.05) is 32.7 Å². The van der Waals surface area contributed by atoms with E-state index < -0.39 is 11.2 Å². The van der Waals surface area contributed by atoms with Gasteiger partial charge in [0.1, 0.15) is 23.8 Å². The molecule has 0 spiro atoms. The third-order valence-corrected chi connectivity index (χ3v) is 6.10. The van der Waals surface area contributed by atoms with Crippen LogP contribution in [0.15, 0.2) is 54.6 Å². The van der Waals surface area contributed by atoms with Gasteiger partial charge in [-0.1, -0.05) is 30.3 Å². The predicted molar refractivity (Wildman–Crippen MR) is 117 cm³/mol. The van der Waals surface area contributed by atoms with Gasteiger partial charge in [0.2, 0.25) is 0 Å². The van der Waals surface area contributed by atoms with Crippen molar-refractivity contribution in [2.45, 2.75) is 24.0 Å². The number of rotatable bonds is 6. The van der Waals surface area contributed by atoms with Crippen LogP contribution in [0, 0.1) is 5.82 Å². The summed E-state index contributed by atoms with van der Waals surface area (Å²) >= 11 is 0. The van der Waals surface area contributed by atoms with Crippen molar-refractivity contribution in [3.8, 4) is 5.75 Å². The molecule has 0 aromatic heterocycles. The molecular weight excluding hydrogens is 399 g/mol. The van der Waals surface area contributed by atoms with Crippen molar-refractivity contribution in [2.24, 2.45) is 0 Å². The summed E-state index contributed by atoms with van der Waals surface area (Å²) in [5, 5.41) is 22.3. The van der Waals surface area contributed by atoms with Gasteiger partial charge in [0.05, 0.1) is 24.5 Å². The van der Waals surface area contributed by atoms with E-state index >= 15 is 0 Å². The number of β-amino-alcohol motifs (C(OH)–C–C–N with tert-alkyl or cyclic N) is 2. The molecule has 0 unspecified atom stereocenters. The van der Waals surface area contributed by atoms with E-state index in [1.54, 1.807) is 12.1 Å². The maximum atomic E-state index is 14.1. The Morgan fingerprint density at radius 2 is 1.65 bits per heavy atom. The zero-order chi connectivity index (χ0) is 21.7. The molecule has 4 rings (SSSR count). The van der Waals surface area contributed by atoms with E-state index in [4.69, 9.17) is 9.47 Å². The van der Waals surface area contributed by atoms with E-state index in [1.165, 1.54) is 6.07 Å². The van der Waals surface area contributed by atoms with E-state index in [-0.39, 0.29) is 19.0 Å². The van der Waals surface area contributed by atoms with Crippen LogP contribution < -0.4 is 9.64 Å². The molecule has 0 amide bonds. The minimum absolute atomic E-state index is 0.118. The maximum Gasteiger partial charge on any atom is 0.146 e. The Kier molecular flexibility index (Phi) is 6.77. The van der Waals surface area contributed by atoms with Gasteiger partial charge in [-0.15, -0.1) is 0 Å². The molecule has 2 aliphatic heterocycles. The van der Waals surface area contributed by atoms with Gasteiger partial charge in [0.15, 0.2) is 0 Å². The molecule has 2 N–H and O–H groups in total. The first kappa shape index (κ1) is 22.0. The molecule has 2 aromatic carbocycles. The molecule has 2 heterocycles. The Morgan fingerprint density at radius 1 is 0.935 bits per heavy atom. The molecule has 2 fully saturated rings. The fraction of sp³-hybridized carbons (Fsp3) is 0.500. The largest absolute Gasteiger partial charge is 0.490 e. The Bertz CT molecular complexity index is 844. The van der Waals surface area contributed by atoms with Crippen LogP contribution in [0.3, 0.4) is 0 Å². The van der Waals surface area contributed by atoms with Crippen LogP contribution in [-0.4, -0.2) is 78.9 Å². The number of halogens is 1. The summed E-state index contributed by atoms with van der Waals surface area (Å²) in [5.41, 5.74) is -1.45. The molecule has 0 aliphatic carbocycles. The molecule has 7 heteroatoms. The van der Waals surface area contributed by atoms with Crippen molar-refractivity contribution in [3.63, 3.8) is 0 Å². The highest BCUT2D eigenvalue weighted by Gasteiger charge is 2.39. The lowest BCUT2D eigenvalue weighted by atomic mass is 9.90. The van der Waals surface area contributed by atoms with Gasteiger partial charge in [0.25, 0.3) is 0 Å². The van der Waals surface area contributed by atoms with Gasteiger partial charge >= 0.3 is 0 Å². The highest BCUT2D eigenvalue weighted by Crippen LogP contribution is 2.29. The van der Waals surface area contributed by atoms with Gasteiger partial charge in [-0.2, -0.15) is 0 Å². The molecule has 0 bridgehead atoms. The molecular formula is C24H31FN2O4. The first-order valence-corrected chi connectivity index (χ1v) is 10.9. The summed E-state index contributed by atoms with van der Waals surface area (Å²) in [6.07, 6.45) is 1.08. The first-order chi connectivity index (χ1) is 14.9. The van der Waals surface area contributed by atoms with E-state index in [1.807, 2.05) is 41.3 Å². The average Bonchev–Trinajstić information content (AvgIpc) is 2.95. The number of piperidine rings is 1. The highest BCUT2D eigenvalue weighted by atomic mass is 19.1. The first-order valence-electron chi connectivity index (χ1n) is 10.9. The average molecular weight is 431 g/mol. The van der Waals surface area contributed by atoms with Crippen LogP contribution in [0.1, 0.15) is 12.8 Å². The molecule has 0 saturated carbocycles. The summed E-state index contributed by atoms with van der Waals surface area (Å²) in [6.45, 7) is 3.40. The number of benzene rings is 2. The maximum absolute atomic E-state index is 14.1. The zero-order valence-corrected chi connectivity index (χ0v) is 17.8. The molecule has 2 saturated heterocycles. The van der Waals surface area contributed by atoms with Gasteiger partial charge in [-0.3, -0.25) is 4.90 Å². The minimum Gasteiger partial charge on any atom is -0.490 e. The van der Waals surface area contributed by atoms with Crippen molar-refractivity contribution in [1.29, 1.82) is 0 Å². The van der Waals surface area contributed by atoms with Crippen LogP contribution in [0.25, 0.3) is 0 Å². The Hall–Kier alpha value is -2.19. The summed E-state index contributed by atoms with van der Waals surface area (Å²) < 4.78 is 25.5. The number of nitrogens with zero attached hydrogens (tertiary/aromatic N) is 2. The number of hydrogen-bond donors (Lipinski definition) is 2. The quantitative estimate of drug-likeness (QED) is 0.733. The fourth-order valence-electron chi connectivity index (χ4n) is 4.40. The van der Waals surface area contributed by atoms with E-state index in [2.05, 4.69) is 4.90 Å². The molecule has 0 radical (unpaired) electrons. The second-order valence-corrected chi connectivity index (χ2v) is 8.75. The van der Waals surface area contributed by atoms with Crippen LogP contribution in [-0.2, 0) is 4.74 Å².